The third-order valence-corrected chi connectivity index (χ3v) is 4.17. The number of amides is 2. The highest BCUT2D eigenvalue weighted by Crippen LogP contribution is 2.31. The topological polar surface area (TPSA) is 41.1 Å². The van der Waals surface area contributed by atoms with Crippen LogP contribution < -0.4 is 10.6 Å². The molecule has 0 bridgehead atoms. The number of carbonyl (C=O) groups is 1. The van der Waals surface area contributed by atoms with E-state index in [4.69, 9.17) is 0 Å². The summed E-state index contributed by atoms with van der Waals surface area (Å²) < 4.78 is 37.5. The Hall–Kier alpha value is -2.50. The molecule has 2 N–H and O–H groups in total. The van der Waals surface area contributed by atoms with E-state index in [-0.39, 0.29) is 18.6 Å². The highest BCUT2D eigenvalue weighted by molar-refractivity contribution is 5.74. The Morgan fingerprint density at radius 1 is 1.08 bits per heavy atom. The maximum absolute atomic E-state index is 12.5. The molecule has 0 heterocycles. The van der Waals surface area contributed by atoms with Crippen LogP contribution in [0.2, 0.25) is 0 Å². The van der Waals surface area contributed by atoms with Gasteiger partial charge in [-0.3, -0.25) is 0 Å². The molecule has 0 aliphatic heterocycles. The van der Waals surface area contributed by atoms with Crippen LogP contribution in [-0.2, 0) is 19.1 Å². The van der Waals surface area contributed by atoms with E-state index >= 15 is 0 Å². The second kappa shape index (κ2) is 6.55. The highest BCUT2D eigenvalue weighted by atomic mass is 19.4. The van der Waals surface area contributed by atoms with Gasteiger partial charge in [0.05, 0.1) is 11.6 Å². The maximum Gasteiger partial charge on any atom is 0.416 e. The molecule has 0 saturated heterocycles. The van der Waals surface area contributed by atoms with Gasteiger partial charge in [0.2, 0.25) is 0 Å². The lowest BCUT2D eigenvalue weighted by atomic mass is 10.1. The molecule has 2 amide bonds. The predicted octanol–water partition coefficient (Wildman–Crippen LogP) is 4.19. The molecule has 0 aromatic heterocycles. The van der Waals surface area contributed by atoms with Crippen LogP contribution in [0.25, 0.3) is 0 Å². The maximum atomic E-state index is 12.5. The summed E-state index contributed by atoms with van der Waals surface area (Å²) in [7, 11) is 0. The zero-order valence-electron chi connectivity index (χ0n) is 12.9. The van der Waals surface area contributed by atoms with E-state index in [1.165, 1.54) is 17.7 Å². The van der Waals surface area contributed by atoms with Crippen molar-refractivity contribution in [2.45, 2.75) is 31.6 Å². The van der Waals surface area contributed by atoms with Crippen molar-refractivity contribution in [3.8, 4) is 0 Å². The molecule has 24 heavy (non-hydrogen) atoms. The van der Waals surface area contributed by atoms with Gasteiger partial charge < -0.3 is 10.6 Å². The Balaban J connectivity index is 1.53. The van der Waals surface area contributed by atoms with E-state index in [1.54, 1.807) is 0 Å². The van der Waals surface area contributed by atoms with Crippen molar-refractivity contribution in [3.05, 3.63) is 70.8 Å². The number of fused-ring (bicyclic) bond motifs is 1. The summed E-state index contributed by atoms with van der Waals surface area (Å²) in [5.41, 5.74) is 2.29. The van der Waals surface area contributed by atoms with E-state index in [9.17, 15) is 18.0 Å². The Morgan fingerprint density at radius 3 is 2.50 bits per heavy atom. The number of alkyl halides is 3. The average Bonchev–Trinajstić information content (AvgIpc) is 2.96. The van der Waals surface area contributed by atoms with Gasteiger partial charge in [-0.05, 0) is 41.7 Å². The molecule has 0 spiro atoms. The van der Waals surface area contributed by atoms with Crippen LogP contribution >= 0.6 is 0 Å². The third-order valence-electron chi connectivity index (χ3n) is 4.17. The van der Waals surface area contributed by atoms with E-state index in [0.717, 1.165) is 30.5 Å². The Kier molecular flexibility index (Phi) is 4.46. The fourth-order valence-electron chi connectivity index (χ4n) is 2.91. The number of benzene rings is 2. The SMILES string of the molecule is O=C(NCc1ccc(C(F)(F)F)cc1)NC1CCc2ccccc21. The molecule has 3 rings (SSSR count). The summed E-state index contributed by atoms with van der Waals surface area (Å²) in [6, 6.07) is 12.4. The van der Waals surface area contributed by atoms with Crippen molar-refractivity contribution in [2.75, 3.05) is 0 Å². The van der Waals surface area contributed by atoms with Crippen molar-refractivity contribution in [3.63, 3.8) is 0 Å². The van der Waals surface area contributed by atoms with Crippen LogP contribution in [0.3, 0.4) is 0 Å². The van der Waals surface area contributed by atoms with Gasteiger partial charge in [0.15, 0.2) is 0 Å². The fourth-order valence-corrected chi connectivity index (χ4v) is 2.91. The van der Waals surface area contributed by atoms with Crippen molar-refractivity contribution in [1.29, 1.82) is 0 Å². The molecule has 1 aliphatic carbocycles. The molecule has 0 fully saturated rings. The molecule has 1 atom stereocenters. The number of carbonyl (C=O) groups excluding carboxylic acids is 1. The zero-order valence-corrected chi connectivity index (χ0v) is 12.9. The highest BCUT2D eigenvalue weighted by Gasteiger charge is 2.30. The largest absolute Gasteiger partial charge is 0.416 e. The number of hydrogen-bond acceptors (Lipinski definition) is 1. The summed E-state index contributed by atoms with van der Waals surface area (Å²) in [5.74, 6) is 0. The Morgan fingerprint density at radius 2 is 1.79 bits per heavy atom. The van der Waals surface area contributed by atoms with E-state index in [1.807, 2.05) is 18.2 Å². The molecule has 1 aliphatic rings. The van der Waals surface area contributed by atoms with E-state index in [0.29, 0.717) is 5.56 Å². The van der Waals surface area contributed by atoms with Crippen molar-refractivity contribution in [2.24, 2.45) is 0 Å². The van der Waals surface area contributed by atoms with Gasteiger partial charge in [0.1, 0.15) is 0 Å². The molecule has 1 unspecified atom stereocenters. The molecular formula is C18H17F3N2O. The minimum atomic E-state index is -4.35. The molecule has 2 aromatic carbocycles. The van der Waals surface area contributed by atoms with Gasteiger partial charge in [0, 0.05) is 6.54 Å². The number of aryl methyl sites for hydroxylation is 1. The standard InChI is InChI=1S/C18H17F3N2O/c19-18(20,21)14-8-5-12(6-9-14)11-22-17(24)23-16-10-7-13-3-1-2-4-15(13)16/h1-6,8-9,16H,7,10-11H2,(H2,22,23,24). The summed E-state index contributed by atoms with van der Waals surface area (Å²) in [5, 5.41) is 5.59. The number of urea groups is 1. The first-order chi connectivity index (χ1) is 11.4. The zero-order chi connectivity index (χ0) is 17.2. The lowest BCUT2D eigenvalue weighted by Crippen LogP contribution is -2.36. The first kappa shape index (κ1) is 16.4. The molecule has 126 valence electrons. The molecule has 2 aromatic rings. The summed E-state index contributed by atoms with van der Waals surface area (Å²) in [6.45, 7) is 0.179. The average molecular weight is 334 g/mol. The van der Waals surface area contributed by atoms with E-state index < -0.39 is 11.7 Å². The number of hydrogen-bond donors (Lipinski definition) is 2. The third kappa shape index (κ3) is 3.69. The van der Waals surface area contributed by atoms with Gasteiger partial charge in [-0.15, -0.1) is 0 Å². The van der Waals surface area contributed by atoms with Crippen molar-refractivity contribution >= 4 is 6.03 Å². The second-order valence-electron chi connectivity index (χ2n) is 5.81. The second-order valence-corrected chi connectivity index (χ2v) is 5.81. The van der Waals surface area contributed by atoms with Gasteiger partial charge in [-0.1, -0.05) is 36.4 Å². The number of nitrogens with one attached hydrogen (secondary N) is 2. The summed E-state index contributed by atoms with van der Waals surface area (Å²) in [6.07, 6.45) is -2.56. The Labute approximate surface area is 137 Å². The van der Waals surface area contributed by atoms with Crippen LogP contribution in [-0.4, -0.2) is 6.03 Å². The Bertz CT molecular complexity index is 726. The van der Waals surface area contributed by atoms with Crippen molar-refractivity contribution in [1.82, 2.24) is 10.6 Å². The van der Waals surface area contributed by atoms with Crippen LogP contribution in [0.1, 0.15) is 34.7 Å². The first-order valence-corrected chi connectivity index (χ1v) is 7.72. The smallest absolute Gasteiger partial charge is 0.334 e. The van der Waals surface area contributed by atoms with Gasteiger partial charge in [0.25, 0.3) is 0 Å². The summed E-state index contributed by atoms with van der Waals surface area (Å²) >= 11 is 0. The van der Waals surface area contributed by atoms with Gasteiger partial charge in [-0.2, -0.15) is 13.2 Å². The van der Waals surface area contributed by atoms with Gasteiger partial charge >= 0.3 is 12.2 Å². The quantitative estimate of drug-likeness (QED) is 0.868. The minimum Gasteiger partial charge on any atom is -0.334 e. The minimum absolute atomic E-state index is 0.0196. The molecule has 3 nitrogen and oxygen atoms in total. The van der Waals surface area contributed by atoms with E-state index in [2.05, 4.69) is 16.7 Å². The predicted molar refractivity (Wildman–Crippen MR) is 84.3 cm³/mol. The van der Waals surface area contributed by atoms with Crippen molar-refractivity contribution < 1.29 is 18.0 Å². The molecule has 6 heteroatoms. The normalized spacial score (nSPS) is 16.5. The van der Waals surface area contributed by atoms with Crippen LogP contribution in [0.5, 0.6) is 0 Å². The summed E-state index contributed by atoms with van der Waals surface area (Å²) in [4.78, 5) is 12.0. The monoisotopic (exact) mass is 334 g/mol. The lowest BCUT2D eigenvalue weighted by Gasteiger charge is -2.15. The molecular weight excluding hydrogens is 317 g/mol. The van der Waals surface area contributed by atoms with Crippen LogP contribution in [0.4, 0.5) is 18.0 Å². The number of rotatable bonds is 3. The van der Waals surface area contributed by atoms with Crippen LogP contribution in [0.15, 0.2) is 48.5 Å². The van der Waals surface area contributed by atoms with Crippen LogP contribution in [0, 0.1) is 0 Å². The lowest BCUT2D eigenvalue weighted by molar-refractivity contribution is -0.137. The molecule has 0 radical (unpaired) electrons. The fraction of sp³-hybridized carbons (Fsp3) is 0.278. The number of halogens is 3. The van der Waals surface area contributed by atoms with Gasteiger partial charge in [-0.25, -0.2) is 4.79 Å². The first-order valence-electron chi connectivity index (χ1n) is 7.72. The molecule has 0 saturated carbocycles.